The summed E-state index contributed by atoms with van der Waals surface area (Å²) in [5.74, 6) is 0.182. The number of carbonyl (C=O) groups excluding carboxylic acids is 1. The second kappa shape index (κ2) is 9.28. The molecule has 6 heteroatoms. The number of Topliss-reactive ketones (excluding diaryl/α,β-unsaturated/α-hetero) is 1. The Morgan fingerprint density at radius 2 is 1.82 bits per heavy atom. The third kappa shape index (κ3) is 4.37. The number of rotatable bonds is 7. The number of ether oxygens (including phenoxy) is 2. The van der Waals surface area contributed by atoms with Gasteiger partial charge in [0, 0.05) is 24.4 Å². The van der Waals surface area contributed by atoms with E-state index in [-0.39, 0.29) is 17.3 Å². The molecule has 0 atom stereocenters. The zero-order valence-corrected chi connectivity index (χ0v) is 18.7. The minimum atomic E-state index is -0.327. The molecule has 1 aliphatic carbocycles. The summed E-state index contributed by atoms with van der Waals surface area (Å²) < 4.78 is 24.7. The minimum Gasteiger partial charge on any atom is -0.502 e. The lowest BCUT2D eigenvalue weighted by atomic mass is 9.98. The maximum absolute atomic E-state index is 14.1. The van der Waals surface area contributed by atoms with Crippen LogP contribution in [0.5, 0.6) is 17.2 Å². The smallest absolute Gasteiger partial charge is 0.200 e. The van der Waals surface area contributed by atoms with E-state index in [4.69, 9.17) is 9.47 Å². The zero-order chi connectivity index (χ0) is 23.5. The van der Waals surface area contributed by atoms with Gasteiger partial charge in [-0.1, -0.05) is 6.07 Å². The molecule has 5 nitrogen and oxygen atoms in total. The van der Waals surface area contributed by atoms with Gasteiger partial charge in [0.2, 0.25) is 5.75 Å². The van der Waals surface area contributed by atoms with Crippen molar-refractivity contribution < 1.29 is 23.8 Å². The molecule has 0 fully saturated rings. The van der Waals surface area contributed by atoms with E-state index in [9.17, 15) is 14.3 Å². The highest BCUT2D eigenvalue weighted by molar-refractivity contribution is 6.06. The molecule has 0 saturated carbocycles. The fraction of sp³-hybridized carbons (Fsp3) is 0.185. The molecule has 1 aromatic heterocycles. The van der Waals surface area contributed by atoms with Crippen LogP contribution in [-0.4, -0.2) is 30.1 Å². The summed E-state index contributed by atoms with van der Waals surface area (Å²) in [6.45, 7) is 1.97. The normalized spacial score (nSPS) is 13.9. The van der Waals surface area contributed by atoms with Crippen molar-refractivity contribution in [1.29, 1.82) is 0 Å². The van der Waals surface area contributed by atoms with Crippen LogP contribution in [0.1, 0.15) is 46.8 Å². The SMILES string of the molecule is COc1cc(/C=C2/C(C)=C(CCC(=O)c3cccnc3)c3cc(F)ccc32)cc(OC)c1O. The van der Waals surface area contributed by atoms with Crippen molar-refractivity contribution in [2.45, 2.75) is 19.8 Å². The minimum absolute atomic E-state index is 0.00760. The first-order valence-electron chi connectivity index (χ1n) is 10.5. The molecule has 0 unspecified atom stereocenters. The number of phenolic OH excluding ortho intramolecular Hbond substituents is 1. The highest BCUT2D eigenvalue weighted by atomic mass is 19.1. The highest BCUT2D eigenvalue weighted by Crippen LogP contribution is 2.45. The van der Waals surface area contributed by atoms with Crippen molar-refractivity contribution in [1.82, 2.24) is 4.98 Å². The van der Waals surface area contributed by atoms with Crippen LogP contribution >= 0.6 is 0 Å². The second-order valence-corrected chi connectivity index (χ2v) is 7.79. The third-order valence-corrected chi connectivity index (χ3v) is 5.85. The molecule has 0 saturated heterocycles. The summed E-state index contributed by atoms with van der Waals surface area (Å²) in [6.07, 6.45) is 5.91. The van der Waals surface area contributed by atoms with Gasteiger partial charge < -0.3 is 14.6 Å². The molecule has 0 spiro atoms. The van der Waals surface area contributed by atoms with Crippen molar-refractivity contribution in [3.05, 3.63) is 88.5 Å². The molecular weight excluding hydrogens is 421 g/mol. The molecular formula is C27H24FNO4. The van der Waals surface area contributed by atoms with Crippen LogP contribution in [0.4, 0.5) is 4.39 Å². The monoisotopic (exact) mass is 445 g/mol. The van der Waals surface area contributed by atoms with Gasteiger partial charge in [-0.25, -0.2) is 4.39 Å². The molecule has 0 aliphatic heterocycles. The number of ketones is 1. The number of nitrogens with zero attached hydrogens (tertiary/aromatic N) is 1. The fourth-order valence-electron chi connectivity index (χ4n) is 4.15. The Kier molecular flexibility index (Phi) is 6.27. The molecule has 0 amide bonds. The number of allylic oxidation sites excluding steroid dienone is 3. The van der Waals surface area contributed by atoms with Gasteiger partial charge in [-0.2, -0.15) is 0 Å². The fourth-order valence-corrected chi connectivity index (χ4v) is 4.15. The van der Waals surface area contributed by atoms with Crippen molar-refractivity contribution in [2.24, 2.45) is 0 Å². The van der Waals surface area contributed by atoms with Crippen molar-refractivity contribution in [2.75, 3.05) is 14.2 Å². The average molecular weight is 445 g/mol. The Morgan fingerprint density at radius 1 is 1.09 bits per heavy atom. The van der Waals surface area contributed by atoms with E-state index in [2.05, 4.69) is 4.98 Å². The number of fused-ring (bicyclic) bond motifs is 1. The van der Waals surface area contributed by atoms with Crippen molar-refractivity contribution >= 4 is 23.0 Å². The molecule has 3 aromatic rings. The largest absolute Gasteiger partial charge is 0.502 e. The number of aromatic nitrogens is 1. The summed E-state index contributed by atoms with van der Waals surface area (Å²) >= 11 is 0. The quantitative estimate of drug-likeness (QED) is 0.456. The molecule has 1 heterocycles. The number of hydrogen-bond donors (Lipinski definition) is 1. The zero-order valence-electron chi connectivity index (χ0n) is 18.7. The van der Waals surface area contributed by atoms with Crippen molar-refractivity contribution in [3.63, 3.8) is 0 Å². The van der Waals surface area contributed by atoms with E-state index in [1.807, 2.05) is 13.0 Å². The standard InChI is InChI=1S/C27H24FNO4/c1-16-20(8-9-24(30)18-5-4-10-29-15-18)23-14-19(28)6-7-21(23)22(16)11-17-12-25(32-2)27(31)26(13-17)33-3/h4-7,10-15,31H,8-9H2,1-3H3/b22-11-. The second-order valence-electron chi connectivity index (χ2n) is 7.79. The number of carbonyl (C=O) groups is 1. The Balaban J connectivity index is 1.73. The first-order chi connectivity index (χ1) is 15.9. The number of aromatic hydroxyl groups is 1. The number of phenols is 1. The molecule has 4 rings (SSSR count). The number of halogens is 1. The maximum atomic E-state index is 14.1. The van der Waals surface area contributed by atoms with E-state index < -0.39 is 0 Å². The van der Waals surface area contributed by atoms with E-state index in [0.29, 0.717) is 29.9 Å². The van der Waals surface area contributed by atoms with Crippen LogP contribution in [0, 0.1) is 5.82 Å². The summed E-state index contributed by atoms with van der Waals surface area (Å²) in [5.41, 5.74) is 5.83. The van der Waals surface area contributed by atoms with Gasteiger partial charge in [-0.15, -0.1) is 0 Å². The van der Waals surface area contributed by atoms with Gasteiger partial charge in [0.25, 0.3) is 0 Å². The van der Waals surface area contributed by atoms with Gasteiger partial charge in [-0.05, 0) is 89.2 Å². The number of hydrogen-bond acceptors (Lipinski definition) is 5. The van der Waals surface area contributed by atoms with E-state index in [1.54, 1.807) is 42.7 Å². The summed E-state index contributed by atoms with van der Waals surface area (Å²) in [4.78, 5) is 16.6. The molecule has 0 bridgehead atoms. The molecule has 168 valence electrons. The summed E-state index contributed by atoms with van der Waals surface area (Å²) in [7, 11) is 2.95. The van der Waals surface area contributed by atoms with E-state index >= 15 is 0 Å². The van der Waals surface area contributed by atoms with Gasteiger partial charge in [0.15, 0.2) is 17.3 Å². The van der Waals surface area contributed by atoms with Crippen LogP contribution in [0.25, 0.3) is 17.2 Å². The van der Waals surface area contributed by atoms with Crippen LogP contribution in [0.2, 0.25) is 0 Å². The Labute approximate surface area is 191 Å². The van der Waals surface area contributed by atoms with Crippen molar-refractivity contribution in [3.8, 4) is 17.2 Å². The highest BCUT2D eigenvalue weighted by Gasteiger charge is 2.25. The lowest BCUT2D eigenvalue weighted by Gasteiger charge is -2.11. The van der Waals surface area contributed by atoms with Crippen LogP contribution in [0.15, 0.2) is 60.4 Å². The molecule has 0 radical (unpaired) electrons. The predicted octanol–water partition coefficient (Wildman–Crippen LogP) is 5.93. The van der Waals surface area contributed by atoms with Gasteiger partial charge >= 0.3 is 0 Å². The number of methoxy groups -OCH3 is 2. The predicted molar refractivity (Wildman–Crippen MR) is 126 cm³/mol. The lowest BCUT2D eigenvalue weighted by molar-refractivity contribution is 0.0984. The first-order valence-corrected chi connectivity index (χ1v) is 10.5. The topological polar surface area (TPSA) is 68.7 Å². The summed E-state index contributed by atoms with van der Waals surface area (Å²) in [6, 6.07) is 11.6. The molecule has 33 heavy (non-hydrogen) atoms. The average Bonchev–Trinajstić information content (AvgIpc) is 3.08. The van der Waals surface area contributed by atoms with Gasteiger partial charge in [-0.3, -0.25) is 9.78 Å². The maximum Gasteiger partial charge on any atom is 0.200 e. The lowest BCUT2D eigenvalue weighted by Crippen LogP contribution is -2.00. The molecule has 1 N–H and O–H groups in total. The number of benzene rings is 2. The Hall–Kier alpha value is -3.93. The van der Waals surface area contributed by atoms with Crippen LogP contribution in [0.3, 0.4) is 0 Å². The third-order valence-electron chi connectivity index (χ3n) is 5.85. The van der Waals surface area contributed by atoms with Crippen LogP contribution < -0.4 is 9.47 Å². The van der Waals surface area contributed by atoms with E-state index in [0.717, 1.165) is 33.4 Å². The first kappa shape index (κ1) is 22.3. The molecule has 1 aliphatic rings. The molecule has 2 aromatic carbocycles. The van der Waals surface area contributed by atoms with E-state index in [1.165, 1.54) is 26.4 Å². The van der Waals surface area contributed by atoms with Gasteiger partial charge in [0.05, 0.1) is 14.2 Å². The Bertz CT molecular complexity index is 1250. The summed E-state index contributed by atoms with van der Waals surface area (Å²) in [5, 5.41) is 10.2. The Morgan fingerprint density at radius 3 is 2.45 bits per heavy atom. The number of pyridine rings is 1. The van der Waals surface area contributed by atoms with Crippen LogP contribution in [-0.2, 0) is 0 Å². The van der Waals surface area contributed by atoms with Gasteiger partial charge in [0.1, 0.15) is 5.82 Å².